The van der Waals surface area contributed by atoms with E-state index in [0.29, 0.717) is 0 Å². The van der Waals surface area contributed by atoms with Gasteiger partial charge in [0.05, 0.1) is 75.1 Å². The molecule has 56 heavy (non-hydrogen) atoms. The first-order valence-electron chi connectivity index (χ1n) is 18.4. The van der Waals surface area contributed by atoms with E-state index in [-0.39, 0.29) is 24.0 Å². The number of hydrogen-bond donors (Lipinski definition) is 7. The van der Waals surface area contributed by atoms with Gasteiger partial charge in [0.15, 0.2) is 25.2 Å². The van der Waals surface area contributed by atoms with Crippen LogP contribution < -0.4 is 0 Å². The van der Waals surface area contributed by atoms with Crippen LogP contribution in [0.4, 0.5) is 0 Å². The molecule has 318 valence electrons. The van der Waals surface area contributed by atoms with Gasteiger partial charge in [0.2, 0.25) is 12.6 Å². The molecule has 7 N–H and O–H groups in total. The Morgan fingerprint density at radius 2 is 1.07 bits per heavy atom. The maximum absolute atomic E-state index is 13.0. The molecule has 0 unspecified atom stereocenters. The van der Waals surface area contributed by atoms with Gasteiger partial charge in [0.25, 0.3) is 0 Å². The van der Waals surface area contributed by atoms with Crippen LogP contribution in [0.2, 0.25) is 0 Å². The lowest BCUT2D eigenvalue weighted by Gasteiger charge is -2.50. The molecule has 0 aliphatic carbocycles. The molecule has 0 saturated carbocycles. The van der Waals surface area contributed by atoms with Gasteiger partial charge in [-0.3, -0.25) is 0 Å². The van der Waals surface area contributed by atoms with Crippen LogP contribution in [0.25, 0.3) is 0 Å². The second-order valence-corrected chi connectivity index (χ2v) is 14.5. The Morgan fingerprint density at radius 1 is 0.607 bits per heavy atom. The van der Waals surface area contributed by atoms with Gasteiger partial charge < -0.3 is 92.6 Å². The van der Waals surface area contributed by atoms with Crippen LogP contribution in [0.3, 0.4) is 0 Å². The fourth-order valence-electron chi connectivity index (χ4n) is 8.33. The predicted octanol–water partition coefficient (Wildman–Crippen LogP) is -3.15. The first kappa shape index (κ1) is 43.0. The zero-order chi connectivity index (χ0) is 40.6. The summed E-state index contributed by atoms with van der Waals surface area (Å²) in [4.78, 5) is 25.7. The SMILES string of the molecule is COC(=O)C1=CO[C@@H](O[C@@H]2O[C@H](CO)[C@@H](O)[C@H](O)[C@H]2O)[C@@H]2[C@H](C)O[C@H](O[C@H]3[C@H](O[C@@H]4OC=C(C(=O)OC)[C@H]5C[C@H](OC)O[C@@H](C)[C@@H]45)O[C@H](CO)[C@@H](O)[C@@H]3O)C[C@H]12. The number of carbonyl (C=O) groups is 2. The fourth-order valence-corrected chi connectivity index (χ4v) is 8.33. The molecule has 0 amide bonds. The maximum Gasteiger partial charge on any atom is 0.337 e. The lowest BCUT2D eigenvalue weighted by molar-refractivity contribution is -0.383. The minimum absolute atomic E-state index is 0.0685. The van der Waals surface area contributed by atoms with Crippen LogP contribution in [-0.2, 0) is 66.4 Å². The Labute approximate surface area is 321 Å². The van der Waals surface area contributed by atoms with Crippen molar-refractivity contribution in [2.75, 3.05) is 34.5 Å². The molecular weight excluding hydrogens is 756 g/mol. The Kier molecular flexibility index (Phi) is 13.9. The molecule has 6 aliphatic rings. The largest absolute Gasteiger partial charge is 0.471 e. The first-order chi connectivity index (χ1) is 26.8. The fraction of sp³-hybridized carbons (Fsp3) is 0.829. The van der Waals surface area contributed by atoms with Gasteiger partial charge in [-0.05, 0) is 13.8 Å². The number of aliphatic hydroxyl groups is 7. The molecule has 0 aromatic rings. The lowest BCUT2D eigenvalue weighted by Crippen LogP contribution is -2.63. The Bertz CT molecular complexity index is 1430. The highest BCUT2D eigenvalue weighted by molar-refractivity contribution is 5.89. The first-order valence-corrected chi connectivity index (χ1v) is 18.4. The number of hydrogen-bond acceptors (Lipinski definition) is 21. The van der Waals surface area contributed by atoms with Gasteiger partial charge in [-0.15, -0.1) is 0 Å². The van der Waals surface area contributed by atoms with Gasteiger partial charge in [-0.25, -0.2) is 9.59 Å². The molecule has 0 bridgehead atoms. The summed E-state index contributed by atoms with van der Waals surface area (Å²) in [6.45, 7) is 1.98. The van der Waals surface area contributed by atoms with Gasteiger partial charge in [0, 0.05) is 31.8 Å². The van der Waals surface area contributed by atoms with E-state index in [1.165, 1.54) is 27.6 Å². The van der Waals surface area contributed by atoms with Crippen molar-refractivity contribution in [2.45, 2.75) is 125 Å². The third-order valence-corrected chi connectivity index (χ3v) is 11.3. The van der Waals surface area contributed by atoms with E-state index in [4.69, 9.17) is 56.8 Å². The third-order valence-electron chi connectivity index (χ3n) is 11.3. The Balaban J connectivity index is 1.23. The topological polar surface area (TPSA) is 287 Å². The molecule has 6 aliphatic heterocycles. The van der Waals surface area contributed by atoms with Crippen LogP contribution in [0.1, 0.15) is 26.7 Å². The highest BCUT2D eigenvalue weighted by Gasteiger charge is 2.56. The predicted molar refractivity (Wildman–Crippen MR) is 177 cm³/mol. The quantitative estimate of drug-likeness (QED) is 0.102. The van der Waals surface area contributed by atoms with E-state index < -0.39 is 148 Å². The number of fused-ring (bicyclic) bond motifs is 2. The van der Waals surface area contributed by atoms with Gasteiger partial charge in [0.1, 0.15) is 48.8 Å². The Hall–Kier alpha value is -2.58. The Morgan fingerprint density at radius 3 is 1.57 bits per heavy atom. The minimum Gasteiger partial charge on any atom is -0.471 e. The van der Waals surface area contributed by atoms with Crippen molar-refractivity contribution < 1.29 is 102 Å². The van der Waals surface area contributed by atoms with Crippen molar-refractivity contribution in [3.8, 4) is 0 Å². The maximum atomic E-state index is 13.0. The summed E-state index contributed by atoms with van der Waals surface area (Å²) < 4.78 is 69.3. The van der Waals surface area contributed by atoms with Gasteiger partial charge in [-0.2, -0.15) is 0 Å². The summed E-state index contributed by atoms with van der Waals surface area (Å²) in [7, 11) is 3.89. The number of rotatable bonds is 11. The molecule has 4 fully saturated rings. The van der Waals surface area contributed by atoms with E-state index in [0.717, 1.165) is 6.26 Å². The number of esters is 2. The van der Waals surface area contributed by atoms with Crippen LogP contribution in [-0.4, -0.2) is 181 Å². The average molecular weight is 809 g/mol. The summed E-state index contributed by atoms with van der Waals surface area (Å²) in [5.74, 6) is -4.11. The summed E-state index contributed by atoms with van der Waals surface area (Å²) in [6, 6.07) is 0. The van der Waals surface area contributed by atoms with E-state index >= 15 is 0 Å². The van der Waals surface area contributed by atoms with E-state index in [2.05, 4.69) is 0 Å². The number of ether oxygens (including phenoxy) is 12. The van der Waals surface area contributed by atoms with Gasteiger partial charge in [-0.1, -0.05) is 0 Å². The standard InChI is InChI=1S/C35H52O21/c1-12-22-14(6-20(45-3)50-12)16(30(43)46-4)10-49-33(22)56-35-29(27(41)25(39)19(9-37)53-35)54-21-7-15-17(31(44)47-5)11-48-32(23(15)13(2)51-21)55-34-28(42)26(40)24(38)18(8-36)52-34/h10-15,18-29,32-42H,6-9H2,1-5H3/t12-,13-,14+,15+,18+,19+,20+,21+,22+,23+,24+,25+,26-,27-,28+,29+,32-,33-,34-,35-/m0/s1. The van der Waals surface area contributed by atoms with Crippen molar-refractivity contribution in [3.05, 3.63) is 23.7 Å². The minimum atomic E-state index is -1.74. The average Bonchev–Trinajstić information content (AvgIpc) is 3.19. The molecule has 21 heteroatoms. The summed E-state index contributed by atoms with van der Waals surface area (Å²) in [5, 5.41) is 73.1. The van der Waals surface area contributed by atoms with E-state index in [1.807, 2.05) is 0 Å². The summed E-state index contributed by atoms with van der Waals surface area (Å²) in [5.41, 5.74) is 0.300. The molecule has 0 aromatic carbocycles. The smallest absolute Gasteiger partial charge is 0.337 e. The lowest BCUT2D eigenvalue weighted by atomic mass is 9.76. The molecule has 20 atom stereocenters. The molecule has 0 spiro atoms. The zero-order valence-electron chi connectivity index (χ0n) is 31.4. The van der Waals surface area contributed by atoms with E-state index in [9.17, 15) is 45.3 Å². The van der Waals surface area contributed by atoms with Crippen molar-refractivity contribution in [1.82, 2.24) is 0 Å². The third kappa shape index (κ3) is 8.31. The molecule has 4 saturated heterocycles. The number of methoxy groups -OCH3 is 3. The molecule has 21 nitrogen and oxygen atoms in total. The van der Waals surface area contributed by atoms with E-state index in [1.54, 1.807) is 13.8 Å². The molecule has 6 rings (SSSR count). The van der Waals surface area contributed by atoms with Crippen LogP contribution in [0.15, 0.2) is 23.7 Å². The molecule has 6 heterocycles. The highest BCUT2D eigenvalue weighted by atomic mass is 16.8. The summed E-state index contributed by atoms with van der Waals surface area (Å²) in [6.07, 6.45) is -18.9. The molecule has 0 radical (unpaired) electrons. The summed E-state index contributed by atoms with van der Waals surface area (Å²) >= 11 is 0. The zero-order valence-corrected chi connectivity index (χ0v) is 31.4. The molecule has 0 aromatic heterocycles. The normalized spacial score (nSPS) is 46.5. The highest BCUT2D eigenvalue weighted by Crippen LogP contribution is 2.46. The van der Waals surface area contributed by atoms with Crippen LogP contribution >= 0.6 is 0 Å². The van der Waals surface area contributed by atoms with Crippen LogP contribution in [0.5, 0.6) is 0 Å². The van der Waals surface area contributed by atoms with Crippen molar-refractivity contribution >= 4 is 11.9 Å². The van der Waals surface area contributed by atoms with Crippen molar-refractivity contribution in [1.29, 1.82) is 0 Å². The second-order valence-electron chi connectivity index (χ2n) is 14.5. The monoisotopic (exact) mass is 808 g/mol. The number of carbonyl (C=O) groups excluding carboxylic acids is 2. The van der Waals surface area contributed by atoms with Crippen molar-refractivity contribution in [2.24, 2.45) is 23.7 Å². The molecular formula is C35H52O21. The van der Waals surface area contributed by atoms with Crippen LogP contribution in [0, 0.1) is 23.7 Å². The second kappa shape index (κ2) is 18.1. The van der Waals surface area contributed by atoms with Crippen molar-refractivity contribution in [3.63, 3.8) is 0 Å². The van der Waals surface area contributed by atoms with Gasteiger partial charge >= 0.3 is 11.9 Å². The number of aliphatic hydroxyl groups excluding tert-OH is 7.